The van der Waals surface area contributed by atoms with Gasteiger partial charge in [-0.3, -0.25) is 9.69 Å². The molecule has 0 radical (unpaired) electrons. The Labute approximate surface area is 220 Å². The summed E-state index contributed by atoms with van der Waals surface area (Å²) in [6.07, 6.45) is 7.74. The van der Waals surface area contributed by atoms with Gasteiger partial charge in [-0.15, -0.1) is 5.10 Å². The van der Waals surface area contributed by atoms with Crippen molar-refractivity contribution in [3.05, 3.63) is 75.8 Å². The average molecular weight is 513 g/mol. The zero-order valence-corrected chi connectivity index (χ0v) is 21.4. The Balaban J connectivity index is 1.25. The number of fused-ring (bicyclic) bond motifs is 2. The molecule has 0 spiro atoms. The molecule has 2 aliphatic heterocycles. The molecule has 1 unspecified atom stereocenters. The van der Waals surface area contributed by atoms with Crippen molar-refractivity contribution < 1.29 is 9.47 Å². The highest BCUT2D eigenvalue weighted by Crippen LogP contribution is 2.38. The molecule has 3 aliphatic rings. The van der Waals surface area contributed by atoms with Crippen LogP contribution >= 0.6 is 0 Å². The monoisotopic (exact) mass is 512 g/mol. The minimum absolute atomic E-state index is 0.117. The summed E-state index contributed by atoms with van der Waals surface area (Å²) in [6.45, 7) is 1.97. The number of hydrogen-bond acceptors (Lipinski definition) is 7. The summed E-state index contributed by atoms with van der Waals surface area (Å²) in [6, 6.07) is 16.5. The van der Waals surface area contributed by atoms with Gasteiger partial charge in [0.15, 0.2) is 17.3 Å². The highest BCUT2D eigenvalue weighted by atomic mass is 16.7. The average Bonchev–Trinajstić information content (AvgIpc) is 3.72. The van der Waals surface area contributed by atoms with Gasteiger partial charge in [0.1, 0.15) is 6.04 Å². The van der Waals surface area contributed by atoms with Crippen molar-refractivity contribution in [2.24, 2.45) is 5.92 Å². The summed E-state index contributed by atoms with van der Waals surface area (Å²) in [4.78, 5) is 19.1. The van der Waals surface area contributed by atoms with Crippen LogP contribution in [0.4, 0.5) is 0 Å². The molecule has 1 N–H and O–H groups in total. The van der Waals surface area contributed by atoms with Crippen LogP contribution in [-0.4, -0.2) is 50.0 Å². The third-order valence-electron chi connectivity index (χ3n) is 8.48. The molecule has 0 bridgehead atoms. The van der Waals surface area contributed by atoms with Crippen LogP contribution in [0.3, 0.4) is 0 Å². The molecule has 0 amide bonds. The van der Waals surface area contributed by atoms with Gasteiger partial charge in [-0.1, -0.05) is 43.2 Å². The second-order valence-electron chi connectivity index (χ2n) is 10.8. The van der Waals surface area contributed by atoms with Gasteiger partial charge in [0.25, 0.3) is 5.56 Å². The highest BCUT2D eigenvalue weighted by Gasteiger charge is 2.35. The zero-order chi connectivity index (χ0) is 25.5. The minimum Gasteiger partial charge on any atom is -0.454 e. The number of rotatable bonds is 6. The van der Waals surface area contributed by atoms with Gasteiger partial charge in [0, 0.05) is 17.0 Å². The van der Waals surface area contributed by atoms with Crippen LogP contribution in [0.5, 0.6) is 11.5 Å². The first-order chi connectivity index (χ1) is 18.7. The summed E-state index contributed by atoms with van der Waals surface area (Å²) in [7, 11) is 0. The first-order valence-electron chi connectivity index (χ1n) is 13.8. The molecular formula is C29H32N6O3. The van der Waals surface area contributed by atoms with E-state index in [0.717, 1.165) is 61.9 Å². The fraction of sp³-hybridized carbons (Fsp3) is 0.448. The van der Waals surface area contributed by atoms with Gasteiger partial charge < -0.3 is 14.5 Å². The van der Waals surface area contributed by atoms with Crippen LogP contribution in [0.1, 0.15) is 67.6 Å². The van der Waals surface area contributed by atoms with E-state index >= 15 is 0 Å². The number of aromatic amines is 1. The van der Waals surface area contributed by atoms with E-state index in [1.54, 1.807) is 0 Å². The Bertz CT molecular complexity index is 1490. The van der Waals surface area contributed by atoms with E-state index in [4.69, 9.17) is 9.47 Å². The fourth-order valence-corrected chi connectivity index (χ4v) is 6.47. The number of hydrogen-bond donors (Lipinski definition) is 1. The molecule has 4 aromatic rings. The zero-order valence-electron chi connectivity index (χ0n) is 21.4. The molecule has 9 nitrogen and oxygen atoms in total. The largest absolute Gasteiger partial charge is 0.454 e. The number of ether oxygens (including phenoxy) is 2. The molecule has 1 saturated carbocycles. The maximum atomic E-state index is 13.6. The molecule has 4 heterocycles. The Hall–Kier alpha value is -3.72. The summed E-state index contributed by atoms with van der Waals surface area (Å²) in [5, 5.41) is 14.0. The van der Waals surface area contributed by atoms with E-state index in [2.05, 4.69) is 55.7 Å². The lowest BCUT2D eigenvalue weighted by molar-refractivity contribution is 0.141. The van der Waals surface area contributed by atoms with Gasteiger partial charge in [-0.05, 0) is 79.2 Å². The van der Waals surface area contributed by atoms with Crippen molar-refractivity contribution in [3.63, 3.8) is 0 Å². The summed E-state index contributed by atoms with van der Waals surface area (Å²) in [5.41, 5.74) is 2.68. The number of likely N-dealkylation sites (tertiary alicyclic amines) is 1. The van der Waals surface area contributed by atoms with E-state index in [1.807, 2.05) is 22.9 Å². The lowest BCUT2D eigenvalue weighted by Crippen LogP contribution is -2.41. The topological polar surface area (TPSA) is 98.2 Å². The second-order valence-corrected chi connectivity index (χ2v) is 10.8. The lowest BCUT2D eigenvalue weighted by Gasteiger charge is -2.37. The van der Waals surface area contributed by atoms with Gasteiger partial charge in [-0.25, -0.2) is 4.68 Å². The predicted molar refractivity (Wildman–Crippen MR) is 142 cm³/mol. The van der Waals surface area contributed by atoms with Crippen molar-refractivity contribution >= 4 is 10.9 Å². The van der Waals surface area contributed by atoms with E-state index in [9.17, 15) is 4.79 Å². The van der Waals surface area contributed by atoms with Crippen LogP contribution in [0, 0.1) is 5.92 Å². The number of pyridine rings is 1. The van der Waals surface area contributed by atoms with Crippen molar-refractivity contribution in [1.82, 2.24) is 30.1 Å². The van der Waals surface area contributed by atoms with Crippen molar-refractivity contribution in [3.8, 4) is 11.5 Å². The summed E-state index contributed by atoms with van der Waals surface area (Å²) in [5.74, 6) is 2.74. The molecule has 196 valence electrons. The third kappa shape index (κ3) is 4.34. The molecule has 1 saturated heterocycles. The number of benzene rings is 2. The first kappa shape index (κ1) is 23.4. The molecule has 1 aliphatic carbocycles. The van der Waals surface area contributed by atoms with Crippen LogP contribution in [0.25, 0.3) is 10.9 Å². The molecule has 2 aromatic heterocycles. The molecule has 38 heavy (non-hydrogen) atoms. The normalized spacial score (nSPS) is 19.4. The quantitative estimate of drug-likeness (QED) is 0.409. The van der Waals surface area contributed by atoms with Crippen LogP contribution in [-0.2, 0) is 6.42 Å². The Morgan fingerprint density at radius 2 is 1.74 bits per heavy atom. The van der Waals surface area contributed by atoms with Crippen LogP contribution in [0.15, 0.2) is 53.3 Å². The number of nitrogens with zero attached hydrogens (tertiary/aromatic N) is 5. The maximum absolute atomic E-state index is 13.6. The fourth-order valence-electron chi connectivity index (χ4n) is 6.47. The van der Waals surface area contributed by atoms with Gasteiger partial charge in [0.05, 0.1) is 11.6 Å². The van der Waals surface area contributed by atoms with Crippen molar-refractivity contribution in [2.45, 2.75) is 57.0 Å². The van der Waals surface area contributed by atoms with E-state index in [0.29, 0.717) is 23.0 Å². The summed E-state index contributed by atoms with van der Waals surface area (Å²) >= 11 is 0. The second kappa shape index (κ2) is 9.87. The Morgan fingerprint density at radius 3 is 2.53 bits per heavy atom. The maximum Gasteiger partial charge on any atom is 0.253 e. The molecule has 2 fully saturated rings. The lowest BCUT2D eigenvalue weighted by atomic mass is 9.89. The van der Waals surface area contributed by atoms with Crippen molar-refractivity contribution in [1.29, 1.82) is 0 Å². The molecule has 7 rings (SSSR count). The number of tetrazole rings is 1. The minimum atomic E-state index is -0.318. The number of H-pyrrole nitrogens is 1. The van der Waals surface area contributed by atoms with Gasteiger partial charge in [0.2, 0.25) is 6.79 Å². The van der Waals surface area contributed by atoms with Crippen LogP contribution < -0.4 is 15.0 Å². The summed E-state index contributed by atoms with van der Waals surface area (Å²) < 4.78 is 13.1. The number of nitrogens with one attached hydrogen (secondary N) is 1. The number of piperidine rings is 1. The van der Waals surface area contributed by atoms with Crippen molar-refractivity contribution in [2.75, 3.05) is 19.9 Å². The SMILES string of the molecule is O=c1[nH]c2cc3c(cc2cc1C(c1nnnn1C1CCCC1)N1CCC(Cc2ccccc2)CC1)OCO3. The molecule has 1 atom stereocenters. The van der Waals surface area contributed by atoms with E-state index in [-0.39, 0.29) is 24.4 Å². The molecule has 9 heteroatoms. The van der Waals surface area contributed by atoms with Gasteiger partial charge in [-0.2, -0.15) is 0 Å². The number of aromatic nitrogens is 5. The Kier molecular flexibility index (Phi) is 6.08. The van der Waals surface area contributed by atoms with E-state index in [1.165, 1.54) is 18.4 Å². The third-order valence-corrected chi connectivity index (χ3v) is 8.48. The smallest absolute Gasteiger partial charge is 0.253 e. The van der Waals surface area contributed by atoms with Gasteiger partial charge >= 0.3 is 0 Å². The Morgan fingerprint density at radius 1 is 0.974 bits per heavy atom. The predicted octanol–water partition coefficient (Wildman–Crippen LogP) is 4.40. The van der Waals surface area contributed by atoms with E-state index < -0.39 is 0 Å². The molecular weight excluding hydrogens is 480 g/mol. The first-order valence-corrected chi connectivity index (χ1v) is 13.8. The standard InChI is InChI=1S/C29H32N6O3/c36-29-23(15-21-16-25-26(38-18-37-25)17-24(21)30-29)27(28-31-32-33-35(28)22-8-4-5-9-22)34-12-10-20(11-13-34)14-19-6-2-1-3-7-19/h1-3,6-7,15-17,20,22,27H,4-5,8-14,18H2,(H,30,36). The molecule has 2 aromatic carbocycles. The van der Waals surface area contributed by atoms with Crippen LogP contribution in [0.2, 0.25) is 0 Å². The highest BCUT2D eigenvalue weighted by molar-refractivity contribution is 5.83.